The van der Waals surface area contributed by atoms with Gasteiger partial charge in [0.15, 0.2) is 0 Å². The van der Waals surface area contributed by atoms with E-state index < -0.39 is 0 Å². The maximum absolute atomic E-state index is 10.7. The first-order valence-electron chi connectivity index (χ1n) is 6.45. The standard InChI is InChI=1S/C14H23NO2S/c1-12(14(18)17-13(2)16)10-8-6-4-3-5-7-9-11-15/h6,8,12,14,18H,3-5,7,9-10H2,1-2H3/b8-6+. The van der Waals surface area contributed by atoms with E-state index in [1.807, 2.05) is 6.92 Å². The molecule has 0 aliphatic rings. The molecule has 4 heteroatoms. The average Bonchev–Trinajstić information content (AvgIpc) is 2.31. The number of unbranched alkanes of at least 4 members (excludes halogenated alkanes) is 4. The lowest BCUT2D eigenvalue weighted by Gasteiger charge is -2.17. The number of nitriles is 1. The monoisotopic (exact) mass is 269 g/mol. The fourth-order valence-electron chi connectivity index (χ4n) is 1.47. The number of ether oxygens (including phenoxy) is 1. The predicted octanol–water partition coefficient (Wildman–Crippen LogP) is 3.86. The molecular formula is C14H23NO2S. The number of carbonyl (C=O) groups excluding carboxylic acids is 1. The molecule has 0 aromatic heterocycles. The van der Waals surface area contributed by atoms with Gasteiger partial charge in [-0.1, -0.05) is 25.5 Å². The Morgan fingerprint density at radius 2 is 2.11 bits per heavy atom. The number of hydrogen-bond acceptors (Lipinski definition) is 4. The molecule has 0 aromatic rings. The van der Waals surface area contributed by atoms with Crippen LogP contribution < -0.4 is 0 Å². The molecule has 0 aliphatic carbocycles. The minimum atomic E-state index is -0.331. The van der Waals surface area contributed by atoms with Crippen LogP contribution in [0.25, 0.3) is 0 Å². The van der Waals surface area contributed by atoms with Crippen LogP contribution in [0.1, 0.15) is 52.4 Å². The zero-order valence-electron chi connectivity index (χ0n) is 11.3. The van der Waals surface area contributed by atoms with Crippen LogP contribution in [0.3, 0.4) is 0 Å². The quantitative estimate of drug-likeness (QED) is 0.227. The second-order valence-electron chi connectivity index (χ2n) is 4.44. The van der Waals surface area contributed by atoms with Gasteiger partial charge in [0.25, 0.3) is 0 Å². The van der Waals surface area contributed by atoms with Crippen molar-refractivity contribution < 1.29 is 9.53 Å². The van der Waals surface area contributed by atoms with Crippen molar-refractivity contribution in [1.29, 1.82) is 5.26 Å². The summed E-state index contributed by atoms with van der Waals surface area (Å²) in [6, 6.07) is 2.14. The van der Waals surface area contributed by atoms with Crippen molar-refractivity contribution in [3.63, 3.8) is 0 Å². The van der Waals surface area contributed by atoms with Gasteiger partial charge in [0, 0.05) is 19.3 Å². The van der Waals surface area contributed by atoms with E-state index in [1.54, 1.807) is 0 Å². The van der Waals surface area contributed by atoms with E-state index in [9.17, 15) is 4.79 Å². The van der Waals surface area contributed by atoms with E-state index in [4.69, 9.17) is 10.00 Å². The average molecular weight is 269 g/mol. The zero-order chi connectivity index (χ0) is 13.8. The smallest absolute Gasteiger partial charge is 0.303 e. The first kappa shape index (κ1) is 17.1. The van der Waals surface area contributed by atoms with Gasteiger partial charge < -0.3 is 4.74 Å². The van der Waals surface area contributed by atoms with Gasteiger partial charge in [0.2, 0.25) is 0 Å². The Morgan fingerprint density at radius 1 is 1.39 bits per heavy atom. The summed E-state index contributed by atoms with van der Waals surface area (Å²) in [5, 5.41) is 8.38. The topological polar surface area (TPSA) is 50.1 Å². The molecule has 3 nitrogen and oxygen atoms in total. The molecular weight excluding hydrogens is 246 g/mol. The molecule has 0 aliphatic heterocycles. The maximum Gasteiger partial charge on any atom is 0.303 e. The van der Waals surface area contributed by atoms with E-state index in [0.29, 0.717) is 6.42 Å². The fourth-order valence-corrected chi connectivity index (χ4v) is 1.74. The largest absolute Gasteiger partial charge is 0.451 e. The Bertz CT molecular complexity index is 297. The van der Waals surface area contributed by atoms with E-state index in [-0.39, 0.29) is 17.3 Å². The molecule has 0 radical (unpaired) electrons. The van der Waals surface area contributed by atoms with Crippen LogP contribution in [0.5, 0.6) is 0 Å². The number of hydrogen-bond donors (Lipinski definition) is 1. The van der Waals surface area contributed by atoms with E-state index in [0.717, 1.165) is 32.1 Å². The van der Waals surface area contributed by atoms with E-state index >= 15 is 0 Å². The van der Waals surface area contributed by atoms with E-state index in [2.05, 4.69) is 30.9 Å². The molecule has 0 rings (SSSR count). The second kappa shape index (κ2) is 11.2. The highest BCUT2D eigenvalue weighted by Gasteiger charge is 2.13. The minimum Gasteiger partial charge on any atom is -0.451 e. The van der Waals surface area contributed by atoms with Gasteiger partial charge in [0.05, 0.1) is 6.07 Å². The van der Waals surface area contributed by atoms with Gasteiger partial charge in [-0.2, -0.15) is 5.26 Å². The third kappa shape index (κ3) is 10.2. The Kier molecular flexibility index (Phi) is 10.6. The van der Waals surface area contributed by atoms with Crippen molar-refractivity contribution in [2.45, 2.75) is 57.8 Å². The highest BCUT2D eigenvalue weighted by molar-refractivity contribution is 7.80. The summed E-state index contributed by atoms with van der Waals surface area (Å²) in [6.07, 6.45) is 10.1. The molecule has 0 N–H and O–H groups in total. The molecule has 0 bridgehead atoms. The molecule has 0 fully saturated rings. The van der Waals surface area contributed by atoms with Gasteiger partial charge in [-0.3, -0.25) is 4.79 Å². The van der Waals surface area contributed by atoms with Crippen LogP contribution in [-0.4, -0.2) is 11.4 Å². The van der Waals surface area contributed by atoms with Crippen molar-refractivity contribution in [3.8, 4) is 6.07 Å². The van der Waals surface area contributed by atoms with Crippen LogP contribution >= 0.6 is 12.6 Å². The van der Waals surface area contributed by atoms with Crippen LogP contribution in [0, 0.1) is 17.2 Å². The zero-order valence-corrected chi connectivity index (χ0v) is 12.2. The number of allylic oxidation sites excluding steroid dienone is 2. The predicted molar refractivity (Wildman–Crippen MR) is 76.2 cm³/mol. The van der Waals surface area contributed by atoms with Crippen LogP contribution in [0.2, 0.25) is 0 Å². The first-order valence-corrected chi connectivity index (χ1v) is 6.96. The van der Waals surface area contributed by atoms with Gasteiger partial charge in [-0.25, -0.2) is 0 Å². The molecule has 0 spiro atoms. The highest BCUT2D eigenvalue weighted by Crippen LogP contribution is 2.16. The molecule has 2 unspecified atom stereocenters. The van der Waals surface area contributed by atoms with Crippen LogP contribution in [-0.2, 0) is 9.53 Å². The highest BCUT2D eigenvalue weighted by atomic mass is 32.1. The fraction of sp³-hybridized carbons (Fsp3) is 0.714. The number of nitrogens with zero attached hydrogens (tertiary/aromatic N) is 1. The molecule has 0 saturated carbocycles. The van der Waals surface area contributed by atoms with Gasteiger partial charge in [0.1, 0.15) is 5.44 Å². The molecule has 0 saturated heterocycles. The third-order valence-corrected chi connectivity index (χ3v) is 3.22. The lowest BCUT2D eigenvalue weighted by Crippen LogP contribution is -2.17. The summed E-state index contributed by atoms with van der Waals surface area (Å²) in [5.41, 5.74) is -0.331. The number of thiol groups is 1. The Balaban J connectivity index is 3.56. The second-order valence-corrected chi connectivity index (χ2v) is 4.95. The summed E-state index contributed by atoms with van der Waals surface area (Å²) >= 11 is 4.24. The molecule has 0 heterocycles. The van der Waals surface area contributed by atoms with E-state index in [1.165, 1.54) is 6.92 Å². The summed E-state index contributed by atoms with van der Waals surface area (Å²) in [4.78, 5) is 10.7. The van der Waals surface area contributed by atoms with Crippen LogP contribution in [0.15, 0.2) is 12.2 Å². The summed E-state index contributed by atoms with van der Waals surface area (Å²) in [5.74, 6) is -0.0737. The molecule has 0 aromatic carbocycles. The summed E-state index contributed by atoms with van der Waals surface area (Å²) < 4.78 is 5.00. The van der Waals surface area contributed by atoms with Crippen molar-refractivity contribution >= 4 is 18.6 Å². The maximum atomic E-state index is 10.7. The number of esters is 1. The lowest BCUT2D eigenvalue weighted by molar-refractivity contribution is -0.143. The first-order chi connectivity index (χ1) is 8.57. The molecule has 102 valence electrons. The molecule has 18 heavy (non-hydrogen) atoms. The minimum absolute atomic E-state index is 0.215. The van der Waals surface area contributed by atoms with Crippen molar-refractivity contribution in [2.75, 3.05) is 0 Å². The third-order valence-electron chi connectivity index (χ3n) is 2.61. The Hall–Kier alpha value is -0.950. The van der Waals surface area contributed by atoms with Crippen molar-refractivity contribution in [3.05, 3.63) is 12.2 Å². The summed E-state index contributed by atoms with van der Waals surface area (Å²) in [6.45, 7) is 3.41. The van der Waals surface area contributed by atoms with Gasteiger partial charge >= 0.3 is 5.97 Å². The van der Waals surface area contributed by atoms with Crippen LogP contribution in [0.4, 0.5) is 0 Å². The van der Waals surface area contributed by atoms with Gasteiger partial charge in [-0.15, -0.1) is 12.6 Å². The lowest BCUT2D eigenvalue weighted by atomic mass is 10.1. The summed E-state index contributed by atoms with van der Waals surface area (Å²) in [7, 11) is 0. The van der Waals surface area contributed by atoms with Gasteiger partial charge in [-0.05, 0) is 25.7 Å². The Morgan fingerprint density at radius 3 is 2.72 bits per heavy atom. The molecule has 0 amide bonds. The number of carbonyl (C=O) groups is 1. The molecule has 2 atom stereocenters. The normalized spacial score (nSPS) is 14.1. The Labute approximate surface area is 116 Å². The van der Waals surface area contributed by atoms with Crippen molar-refractivity contribution in [1.82, 2.24) is 0 Å². The SMILES string of the molecule is CC(=O)OC(S)C(C)C/C=C/CCCCCC#N. The number of rotatable bonds is 9. The van der Waals surface area contributed by atoms with Crippen molar-refractivity contribution in [2.24, 2.45) is 5.92 Å².